The maximum atomic E-state index is 12.1. The van der Waals surface area contributed by atoms with Crippen molar-refractivity contribution in [1.29, 1.82) is 0 Å². The number of nitrogens with zero attached hydrogens (tertiary/aromatic N) is 2. The van der Waals surface area contributed by atoms with Gasteiger partial charge in [0.05, 0.1) is 5.71 Å². The van der Waals surface area contributed by atoms with E-state index in [4.69, 9.17) is 4.84 Å². The van der Waals surface area contributed by atoms with Gasteiger partial charge in [0.1, 0.15) is 12.3 Å². The predicted octanol–water partition coefficient (Wildman–Crippen LogP) is 1.77. The third-order valence-corrected chi connectivity index (χ3v) is 2.81. The van der Waals surface area contributed by atoms with Crippen molar-refractivity contribution in [3.8, 4) is 0 Å². The van der Waals surface area contributed by atoms with Crippen molar-refractivity contribution in [2.24, 2.45) is 5.16 Å². The molecule has 5 nitrogen and oxygen atoms in total. The molecule has 18 heavy (non-hydrogen) atoms. The normalized spacial score (nSPS) is 14.1. The summed E-state index contributed by atoms with van der Waals surface area (Å²) in [4.78, 5) is 17.1. The summed E-state index contributed by atoms with van der Waals surface area (Å²) in [6.07, 6.45) is 2.34. The molecule has 0 aliphatic carbocycles. The molecule has 1 aliphatic rings. The summed E-state index contributed by atoms with van der Waals surface area (Å²) >= 11 is 0. The molecule has 0 amide bonds. The standard InChI is InChI=1S/C13H11N3O2/c17-13(12-4-6-14-15-12)10-3-1-2-9(8-10)11-5-7-18-16-11/h1-4,6,8H,5,7H2,(H,14,15). The molecule has 1 aromatic heterocycles. The molecule has 90 valence electrons. The molecule has 3 rings (SSSR count). The zero-order valence-electron chi connectivity index (χ0n) is 9.59. The SMILES string of the molecule is O=C(c1cccc(C2=NOCC2)c1)c1ccn[nH]1. The van der Waals surface area contributed by atoms with E-state index in [-0.39, 0.29) is 5.78 Å². The van der Waals surface area contributed by atoms with E-state index >= 15 is 0 Å². The number of benzene rings is 1. The van der Waals surface area contributed by atoms with Crippen molar-refractivity contribution >= 4 is 11.5 Å². The Morgan fingerprint density at radius 3 is 3.00 bits per heavy atom. The van der Waals surface area contributed by atoms with Crippen LogP contribution in [0.25, 0.3) is 0 Å². The minimum Gasteiger partial charge on any atom is -0.395 e. The van der Waals surface area contributed by atoms with Crippen LogP contribution in [0, 0.1) is 0 Å². The number of ketones is 1. The van der Waals surface area contributed by atoms with E-state index in [1.54, 1.807) is 18.3 Å². The fourth-order valence-corrected chi connectivity index (χ4v) is 1.89. The average molecular weight is 241 g/mol. The molecule has 0 bridgehead atoms. The summed E-state index contributed by atoms with van der Waals surface area (Å²) in [6.45, 7) is 0.605. The first-order valence-corrected chi connectivity index (χ1v) is 5.68. The molecule has 1 aromatic carbocycles. The van der Waals surface area contributed by atoms with Crippen LogP contribution in [0.4, 0.5) is 0 Å². The Morgan fingerprint density at radius 2 is 2.28 bits per heavy atom. The van der Waals surface area contributed by atoms with E-state index in [1.165, 1.54) is 0 Å². The number of aromatic nitrogens is 2. The van der Waals surface area contributed by atoms with E-state index in [0.29, 0.717) is 17.9 Å². The third kappa shape index (κ3) is 1.90. The second-order valence-corrected chi connectivity index (χ2v) is 4.00. The maximum absolute atomic E-state index is 12.1. The van der Waals surface area contributed by atoms with E-state index in [2.05, 4.69) is 15.4 Å². The van der Waals surface area contributed by atoms with E-state index in [1.807, 2.05) is 18.2 Å². The van der Waals surface area contributed by atoms with Crippen LogP contribution in [0.3, 0.4) is 0 Å². The van der Waals surface area contributed by atoms with Gasteiger partial charge in [0.25, 0.3) is 0 Å². The number of oxime groups is 1. The van der Waals surface area contributed by atoms with E-state index < -0.39 is 0 Å². The smallest absolute Gasteiger partial charge is 0.210 e. The van der Waals surface area contributed by atoms with Crippen LogP contribution >= 0.6 is 0 Å². The Kier molecular flexibility index (Phi) is 2.64. The van der Waals surface area contributed by atoms with Crippen LogP contribution < -0.4 is 0 Å². The second-order valence-electron chi connectivity index (χ2n) is 4.00. The number of H-pyrrole nitrogens is 1. The number of nitrogens with one attached hydrogen (secondary N) is 1. The van der Waals surface area contributed by atoms with Crippen LogP contribution in [0.2, 0.25) is 0 Å². The number of aromatic amines is 1. The van der Waals surface area contributed by atoms with E-state index in [9.17, 15) is 4.79 Å². The van der Waals surface area contributed by atoms with E-state index in [0.717, 1.165) is 17.7 Å². The fourth-order valence-electron chi connectivity index (χ4n) is 1.89. The summed E-state index contributed by atoms with van der Waals surface area (Å²) < 4.78 is 0. The van der Waals surface area contributed by atoms with Gasteiger partial charge in [-0.05, 0) is 12.1 Å². The summed E-state index contributed by atoms with van der Waals surface area (Å²) in [5, 5.41) is 10.4. The van der Waals surface area contributed by atoms with Crippen LogP contribution in [0.5, 0.6) is 0 Å². The Hall–Kier alpha value is -2.43. The zero-order valence-corrected chi connectivity index (χ0v) is 9.59. The largest absolute Gasteiger partial charge is 0.395 e. The van der Waals surface area contributed by atoms with Gasteiger partial charge in [0.2, 0.25) is 5.78 Å². The van der Waals surface area contributed by atoms with Crippen LogP contribution in [-0.4, -0.2) is 28.3 Å². The van der Waals surface area contributed by atoms with Crippen molar-refractivity contribution in [1.82, 2.24) is 10.2 Å². The van der Waals surface area contributed by atoms with Crippen molar-refractivity contribution in [3.63, 3.8) is 0 Å². The Morgan fingerprint density at radius 1 is 1.33 bits per heavy atom. The molecular weight excluding hydrogens is 230 g/mol. The predicted molar refractivity (Wildman–Crippen MR) is 65.6 cm³/mol. The molecule has 0 atom stereocenters. The number of carbonyl (C=O) groups is 1. The molecule has 0 spiro atoms. The molecule has 5 heteroatoms. The molecular formula is C13H11N3O2. The third-order valence-electron chi connectivity index (χ3n) is 2.81. The minimum atomic E-state index is -0.0751. The van der Waals surface area contributed by atoms with Gasteiger partial charge < -0.3 is 4.84 Å². The molecule has 0 radical (unpaired) electrons. The van der Waals surface area contributed by atoms with Gasteiger partial charge >= 0.3 is 0 Å². The lowest BCUT2D eigenvalue weighted by atomic mass is 10.0. The number of rotatable bonds is 3. The number of hydrogen-bond acceptors (Lipinski definition) is 4. The second kappa shape index (κ2) is 4.44. The zero-order chi connectivity index (χ0) is 12.4. The molecule has 0 saturated carbocycles. The Balaban J connectivity index is 1.94. The lowest BCUT2D eigenvalue weighted by molar-refractivity contribution is 0.103. The molecule has 2 aromatic rings. The molecule has 1 aliphatic heterocycles. The van der Waals surface area contributed by atoms with Crippen LogP contribution in [0.1, 0.15) is 28.0 Å². The highest BCUT2D eigenvalue weighted by molar-refractivity contribution is 6.09. The molecule has 1 N–H and O–H groups in total. The average Bonchev–Trinajstić information content (AvgIpc) is 3.11. The highest BCUT2D eigenvalue weighted by atomic mass is 16.6. The summed E-state index contributed by atoms with van der Waals surface area (Å²) in [5.74, 6) is -0.0751. The fraction of sp³-hybridized carbons (Fsp3) is 0.154. The van der Waals surface area contributed by atoms with Crippen molar-refractivity contribution in [2.45, 2.75) is 6.42 Å². The van der Waals surface area contributed by atoms with Gasteiger partial charge in [0.15, 0.2) is 0 Å². The number of hydrogen-bond donors (Lipinski definition) is 1. The molecule has 0 unspecified atom stereocenters. The lowest BCUT2D eigenvalue weighted by Gasteiger charge is -2.02. The van der Waals surface area contributed by atoms with Gasteiger partial charge in [-0.2, -0.15) is 5.10 Å². The first-order valence-electron chi connectivity index (χ1n) is 5.68. The first kappa shape index (κ1) is 10.7. The summed E-state index contributed by atoms with van der Waals surface area (Å²) in [7, 11) is 0. The topological polar surface area (TPSA) is 67.3 Å². The monoisotopic (exact) mass is 241 g/mol. The van der Waals surface area contributed by atoms with Crippen molar-refractivity contribution < 1.29 is 9.63 Å². The van der Waals surface area contributed by atoms with Crippen molar-refractivity contribution in [3.05, 3.63) is 53.3 Å². The Labute approximate surface area is 103 Å². The maximum Gasteiger partial charge on any atom is 0.210 e. The highest BCUT2D eigenvalue weighted by Crippen LogP contribution is 2.14. The van der Waals surface area contributed by atoms with Crippen LogP contribution in [-0.2, 0) is 4.84 Å². The van der Waals surface area contributed by atoms with Gasteiger partial charge in [-0.1, -0.05) is 23.4 Å². The highest BCUT2D eigenvalue weighted by Gasteiger charge is 2.14. The van der Waals surface area contributed by atoms with Gasteiger partial charge in [-0.25, -0.2) is 0 Å². The number of carbonyl (C=O) groups excluding carboxylic acids is 1. The Bertz CT molecular complexity index is 602. The first-order chi connectivity index (χ1) is 8.84. The molecule has 0 fully saturated rings. The molecule has 0 saturated heterocycles. The van der Waals surface area contributed by atoms with Gasteiger partial charge in [-0.15, -0.1) is 0 Å². The molecule has 2 heterocycles. The van der Waals surface area contributed by atoms with Gasteiger partial charge in [-0.3, -0.25) is 9.89 Å². The summed E-state index contributed by atoms with van der Waals surface area (Å²) in [6, 6.07) is 9.04. The lowest BCUT2D eigenvalue weighted by Crippen LogP contribution is -2.04. The van der Waals surface area contributed by atoms with Crippen molar-refractivity contribution in [2.75, 3.05) is 6.61 Å². The quantitative estimate of drug-likeness (QED) is 0.832. The minimum absolute atomic E-state index is 0.0751. The van der Waals surface area contributed by atoms with Crippen LogP contribution in [0.15, 0.2) is 41.7 Å². The summed E-state index contributed by atoms with van der Waals surface area (Å²) in [5.41, 5.74) is 2.91. The van der Waals surface area contributed by atoms with Gasteiger partial charge in [0, 0.05) is 23.7 Å².